The average molecular weight is 268 g/mol. The summed E-state index contributed by atoms with van der Waals surface area (Å²) in [5, 5.41) is 3.43. The van der Waals surface area contributed by atoms with Gasteiger partial charge in [-0.1, -0.05) is 33.6 Å². The zero-order chi connectivity index (χ0) is 14.1. The Morgan fingerprint density at radius 2 is 2.11 bits per heavy atom. The monoisotopic (exact) mass is 268 g/mol. The van der Waals surface area contributed by atoms with Crippen LogP contribution in [-0.2, 0) is 4.79 Å². The second kappa shape index (κ2) is 9.35. The molecule has 0 aromatic heterocycles. The lowest BCUT2D eigenvalue weighted by atomic mass is 9.95. The van der Waals surface area contributed by atoms with Crippen LogP contribution in [-0.4, -0.2) is 36.5 Å². The van der Waals surface area contributed by atoms with E-state index in [-0.39, 0.29) is 5.92 Å². The molecule has 0 aromatic rings. The quantitative estimate of drug-likeness (QED) is 0.733. The number of nitrogens with zero attached hydrogens (tertiary/aromatic N) is 1. The minimum Gasteiger partial charge on any atom is -0.338 e. The van der Waals surface area contributed by atoms with E-state index in [4.69, 9.17) is 0 Å². The van der Waals surface area contributed by atoms with Gasteiger partial charge in [-0.25, -0.2) is 0 Å². The maximum absolute atomic E-state index is 12.8. The third-order valence-corrected chi connectivity index (χ3v) is 4.21. The Bertz CT molecular complexity index is 249. The van der Waals surface area contributed by atoms with Gasteiger partial charge in [0.1, 0.15) is 0 Å². The molecule has 1 rings (SSSR count). The predicted octanol–water partition coefficient (Wildman–Crippen LogP) is 3.19. The molecule has 0 aliphatic carbocycles. The lowest BCUT2D eigenvalue weighted by Gasteiger charge is -2.36. The van der Waals surface area contributed by atoms with Gasteiger partial charge in [-0.15, -0.1) is 0 Å². The van der Waals surface area contributed by atoms with Gasteiger partial charge < -0.3 is 10.2 Å². The molecule has 3 nitrogen and oxygen atoms in total. The first-order valence-electron chi connectivity index (χ1n) is 8.25. The van der Waals surface area contributed by atoms with Gasteiger partial charge in [-0.05, 0) is 38.6 Å². The van der Waals surface area contributed by atoms with Crippen molar-refractivity contribution in [3.8, 4) is 0 Å². The van der Waals surface area contributed by atoms with Gasteiger partial charge in [0, 0.05) is 25.0 Å². The molecule has 1 heterocycles. The van der Waals surface area contributed by atoms with Gasteiger partial charge in [0.15, 0.2) is 0 Å². The molecule has 19 heavy (non-hydrogen) atoms. The maximum atomic E-state index is 12.8. The van der Waals surface area contributed by atoms with Gasteiger partial charge >= 0.3 is 0 Å². The Morgan fingerprint density at radius 1 is 1.32 bits per heavy atom. The van der Waals surface area contributed by atoms with Crippen molar-refractivity contribution >= 4 is 5.91 Å². The molecule has 2 atom stereocenters. The van der Waals surface area contributed by atoms with Crippen LogP contribution in [0.2, 0.25) is 0 Å². The smallest absolute Gasteiger partial charge is 0.225 e. The minimum absolute atomic E-state index is 0.244. The zero-order valence-corrected chi connectivity index (χ0v) is 13.1. The summed E-state index contributed by atoms with van der Waals surface area (Å²) >= 11 is 0. The van der Waals surface area contributed by atoms with E-state index in [1.54, 1.807) is 0 Å². The van der Waals surface area contributed by atoms with E-state index in [1.165, 1.54) is 25.7 Å². The first-order valence-corrected chi connectivity index (χ1v) is 8.25. The van der Waals surface area contributed by atoms with Crippen LogP contribution in [0.5, 0.6) is 0 Å². The molecule has 112 valence electrons. The highest BCUT2D eigenvalue weighted by Gasteiger charge is 2.28. The topological polar surface area (TPSA) is 32.3 Å². The van der Waals surface area contributed by atoms with Gasteiger partial charge in [-0.3, -0.25) is 4.79 Å². The lowest BCUT2D eigenvalue weighted by Crippen LogP contribution is -2.50. The standard InChI is InChI=1S/C16H32N2O/c1-4-7-9-14(6-3)16(19)18(12-5-2)15-10-8-11-17-13-15/h14-15,17H,4-13H2,1-3H3. The summed E-state index contributed by atoms with van der Waals surface area (Å²) in [5.41, 5.74) is 0. The van der Waals surface area contributed by atoms with Crippen LogP contribution in [0.4, 0.5) is 0 Å². The van der Waals surface area contributed by atoms with Crippen molar-refractivity contribution < 1.29 is 4.79 Å². The Kier molecular flexibility index (Phi) is 8.11. The maximum Gasteiger partial charge on any atom is 0.225 e. The second-order valence-corrected chi connectivity index (χ2v) is 5.78. The van der Waals surface area contributed by atoms with Gasteiger partial charge in [0.05, 0.1) is 0 Å². The summed E-state index contributed by atoms with van der Waals surface area (Å²) in [7, 11) is 0. The van der Waals surface area contributed by atoms with Crippen molar-refractivity contribution in [3.05, 3.63) is 0 Å². The molecule has 0 radical (unpaired) electrons. The van der Waals surface area contributed by atoms with Crippen LogP contribution in [0.1, 0.15) is 65.7 Å². The third-order valence-electron chi connectivity index (χ3n) is 4.21. The second-order valence-electron chi connectivity index (χ2n) is 5.78. The van der Waals surface area contributed by atoms with Gasteiger partial charge in [0.2, 0.25) is 5.91 Å². The fraction of sp³-hybridized carbons (Fsp3) is 0.938. The Balaban J connectivity index is 2.63. The highest BCUT2D eigenvalue weighted by Crippen LogP contribution is 2.20. The van der Waals surface area contributed by atoms with E-state index < -0.39 is 0 Å². The molecular weight excluding hydrogens is 236 g/mol. The van der Waals surface area contributed by atoms with Crippen molar-refractivity contribution in [3.63, 3.8) is 0 Å². The van der Waals surface area contributed by atoms with Crippen LogP contribution >= 0.6 is 0 Å². The van der Waals surface area contributed by atoms with Crippen molar-refractivity contribution in [2.75, 3.05) is 19.6 Å². The highest BCUT2D eigenvalue weighted by molar-refractivity contribution is 5.79. The molecule has 0 bridgehead atoms. The zero-order valence-electron chi connectivity index (χ0n) is 13.1. The van der Waals surface area contributed by atoms with Crippen LogP contribution < -0.4 is 5.32 Å². The molecule has 1 aliphatic rings. The number of hydrogen-bond acceptors (Lipinski definition) is 2. The van der Waals surface area contributed by atoms with Crippen LogP contribution in [0.3, 0.4) is 0 Å². The predicted molar refractivity (Wildman–Crippen MR) is 81.2 cm³/mol. The van der Waals surface area contributed by atoms with Crippen molar-refractivity contribution in [2.45, 2.75) is 71.8 Å². The molecule has 2 unspecified atom stereocenters. The van der Waals surface area contributed by atoms with Crippen LogP contribution in [0, 0.1) is 5.92 Å². The Labute approximate surface area is 119 Å². The summed E-state index contributed by atoms with van der Waals surface area (Å²) in [6.07, 6.45) is 7.83. The number of hydrogen-bond donors (Lipinski definition) is 1. The van der Waals surface area contributed by atoms with E-state index in [2.05, 4.69) is 31.0 Å². The fourth-order valence-electron chi connectivity index (χ4n) is 3.00. The SMILES string of the molecule is CCCCC(CC)C(=O)N(CCC)C1CCCNC1. The molecule has 0 aromatic carbocycles. The van der Waals surface area contributed by atoms with Crippen molar-refractivity contribution in [1.29, 1.82) is 0 Å². The van der Waals surface area contributed by atoms with E-state index in [0.717, 1.165) is 38.9 Å². The lowest BCUT2D eigenvalue weighted by molar-refractivity contribution is -0.138. The van der Waals surface area contributed by atoms with Crippen molar-refractivity contribution in [1.82, 2.24) is 10.2 Å². The molecule has 1 amide bonds. The number of piperidine rings is 1. The summed E-state index contributed by atoms with van der Waals surface area (Å²) < 4.78 is 0. The molecule has 3 heteroatoms. The average Bonchev–Trinajstić information content (AvgIpc) is 2.46. The highest BCUT2D eigenvalue weighted by atomic mass is 16.2. The molecule has 1 fully saturated rings. The number of amides is 1. The van der Waals surface area contributed by atoms with Crippen molar-refractivity contribution in [2.24, 2.45) is 5.92 Å². The van der Waals surface area contributed by atoms with Gasteiger partial charge in [0.25, 0.3) is 0 Å². The third kappa shape index (κ3) is 5.13. The summed E-state index contributed by atoms with van der Waals surface area (Å²) in [6, 6.07) is 0.428. The largest absolute Gasteiger partial charge is 0.338 e. The summed E-state index contributed by atoms with van der Waals surface area (Å²) in [6.45, 7) is 9.54. The molecular formula is C16H32N2O. The molecule has 1 N–H and O–H groups in total. The van der Waals surface area contributed by atoms with E-state index in [1.807, 2.05) is 0 Å². The number of carbonyl (C=O) groups is 1. The van der Waals surface area contributed by atoms with Crippen LogP contribution in [0.15, 0.2) is 0 Å². The number of nitrogens with one attached hydrogen (secondary N) is 1. The number of unbranched alkanes of at least 4 members (excludes halogenated alkanes) is 1. The Hall–Kier alpha value is -0.570. The summed E-state index contributed by atoms with van der Waals surface area (Å²) in [4.78, 5) is 14.9. The summed E-state index contributed by atoms with van der Waals surface area (Å²) in [5.74, 6) is 0.653. The first-order chi connectivity index (χ1) is 9.24. The molecule has 1 aliphatic heterocycles. The first kappa shape index (κ1) is 16.5. The molecule has 0 spiro atoms. The molecule has 0 saturated carbocycles. The molecule has 1 saturated heterocycles. The van der Waals surface area contributed by atoms with E-state index in [9.17, 15) is 4.79 Å². The normalized spacial score (nSPS) is 21.1. The fourth-order valence-corrected chi connectivity index (χ4v) is 3.00. The minimum atomic E-state index is 0.244. The van der Waals surface area contributed by atoms with E-state index in [0.29, 0.717) is 11.9 Å². The van der Waals surface area contributed by atoms with Gasteiger partial charge in [-0.2, -0.15) is 0 Å². The number of carbonyl (C=O) groups excluding carboxylic acids is 1. The van der Waals surface area contributed by atoms with Crippen LogP contribution in [0.25, 0.3) is 0 Å². The number of rotatable bonds is 8. The van der Waals surface area contributed by atoms with E-state index >= 15 is 0 Å². The Morgan fingerprint density at radius 3 is 2.63 bits per heavy atom.